The van der Waals surface area contributed by atoms with Gasteiger partial charge in [-0.05, 0) is 84.9 Å². The average Bonchev–Trinajstić information content (AvgIpc) is 3.38. The summed E-state index contributed by atoms with van der Waals surface area (Å²) in [5, 5.41) is 5.53. The van der Waals surface area contributed by atoms with E-state index < -0.39 is 10.0 Å². The summed E-state index contributed by atoms with van der Waals surface area (Å²) in [4.78, 5) is 17.3. The van der Waals surface area contributed by atoms with Gasteiger partial charge in [-0.25, -0.2) is 13.4 Å². The third-order valence-corrected chi connectivity index (χ3v) is 7.78. The Morgan fingerprint density at radius 2 is 1.47 bits per heavy atom. The number of aromatic nitrogens is 1. The van der Waals surface area contributed by atoms with E-state index in [-0.39, 0.29) is 10.8 Å². The van der Waals surface area contributed by atoms with Crippen LogP contribution in [0, 0.1) is 0 Å². The zero-order chi connectivity index (χ0) is 26.5. The van der Waals surface area contributed by atoms with Crippen LogP contribution in [-0.2, 0) is 10.0 Å². The van der Waals surface area contributed by atoms with Crippen molar-refractivity contribution >= 4 is 49.7 Å². The Morgan fingerprint density at radius 3 is 2.16 bits per heavy atom. The number of halogens is 1. The minimum Gasteiger partial charge on any atom is -0.457 e. The summed E-state index contributed by atoms with van der Waals surface area (Å²) in [7, 11) is -3.78. The number of nitrogens with one attached hydrogen (secondary N) is 2. The van der Waals surface area contributed by atoms with Gasteiger partial charge in [0, 0.05) is 27.2 Å². The summed E-state index contributed by atoms with van der Waals surface area (Å²) < 4.78 is 33.4. The second-order valence-electron chi connectivity index (χ2n) is 8.07. The van der Waals surface area contributed by atoms with E-state index in [1.54, 1.807) is 0 Å². The molecule has 2 N–H and O–H groups in total. The maximum atomic E-state index is 12.7. The Bertz CT molecular complexity index is 1650. The van der Waals surface area contributed by atoms with Gasteiger partial charge in [-0.1, -0.05) is 29.8 Å². The average molecular weight is 562 g/mol. The lowest BCUT2D eigenvalue weighted by atomic mass is 10.2. The molecule has 0 bridgehead atoms. The lowest BCUT2D eigenvalue weighted by molar-refractivity contribution is 0.102. The van der Waals surface area contributed by atoms with E-state index in [2.05, 4.69) is 15.0 Å². The first-order chi connectivity index (χ1) is 18.4. The van der Waals surface area contributed by atoms with Crippen molar-refractivity contribution in [2.24, 2.45) is 0 Å². The number of sulfonamides is 1. The monoisotopic (exact) mass is 561 g/mol. The smallest absolute Gasteiger partial charge is 0.261 e. The Morgan fingerprint density at radius 1 is 0.816 bits per heavy atom. The molecule has 1 heterocycles. The number of hydrogen-bond acceptors (Lipinski definition) is 6. The quantitative estimate of drug-likeness (QED) is 0.207. The number of amides is 1. The van der Waals surface area contributed by atoms with Crippen LogP contribution >= 0.6 is 22.9 Å². The van der Waals surface area contributed by atoms with Crippen LogP contribution in [0.2, 0.25) is 5.02 Å². The molecule has 5 aromatic rings. The van der Waals surface area contributed by atoms with Crippen molar-refractivity contribution in [1.29, 1.82) is 0 Å². The maximum absolute atomic E-state index is 12.7. The molecule has 5 rings (SSSR count). The third-order valence-electron chi connectivity index (χ3n) is 5.38. The fourth-order valence-corrected chi connectivity index (χ4v) is 5.37. The molecular weight excluding hydrogens is 542 g/mol. The molecule has 0 aliphatic heterocycles. The Hall–Kier alpha value is -4.18. The Kier molecular flexibility index (Phi) is 7.41. The molecule has 4 aromatic carbocycles. The highest BCUT2D eigenvalue weighted by molar-refractivity contribution is 7.92. The van der Waals surface area contributed by atoms with Gasteiger partial charge >= 0.3 is 0 Å². The number of hydrogen-bond donors (Lipinski definition) is 2. The largest absolute Gasteiger partial charge is 0.457 e. The van der Waals surface area contributed by atoms with Gasteiger partial charge in [-0.2, -0.15) is 0 Å². The van der Waals surface area contributed by atoms with Crippen LogP contribution in [0.5, 0.6) is 11.5 Å². The summed E-state index contributed by atoms with van der Waals surface area (Å²) in [6, 6.07) is 29.0. The van der Waals surface area contributed by atoms with Gasteiger partial charge in [0.2, 0.25) is 0 Å². The minimum absolute atomic E-state index is 0.0849. The highest BCUT2D eigenvalue weighted by Gasteiger charge is 2.15. The summed E-state index contributed by atoms with van der Waals surface area (Å²) in [6.07, 6.45) is 0. The maximum Gasteiger partial charge on any atom is 0.261 e. The molecule has 0 saturated heterocycles. The second-order valence-corrected chi connectivity index (χ2v) is 11.0. The lowest BCUT2D eigenvalue weighted by Gasteiger charge is -2.09. The van der Waals surface area contributed by atoms with Gasteiger partial charge < -0.3 is 4.74 Å². The van der Waals surface area contributed by atoms with Gasteiger partial charge in [0.05, 0.1) is 10.6 Å². The van der Waals surface area contributed by atoms with Gasteiger partial charge in [0.25, 0.3) is 15.9 Å². The van der Waals surface area contributed by atoms with Crippen molar-refractivity contribution in [3.8, 4) is 22.8 Å². The summed E-state index contributed by atoms with van der Waals surface area (Å²) in [5.74, 6) is 1.11. The molecule has 0 radical (unpaired) electrons. The van der Waals surface area contributed by atoms with E-state index in [4.69, 9.17) is 16.3 Å². The number of rotatable bonds is 8. The van der Waals surface area contributed by atoms with E-state index in [1.165, 1.54) is 59.9 Å². The highest BCUT2D eigenvalue weighted by atomic mass is 35.5. The molecule has 0 aliphatic rings. The van der Waals surface area contributed by atoms with E-state index in [0.29, 0.717) is 27.2 Å². The normalized spacial score (nSPS) is 11.1. The minimum atomic E-state index is -3.78. The number of ether oxygens (including phenoxy) is 1. The number of para-hydroxylation sites is 1. The van der Waals surface area contributed by atoms with Crippen molar-refractivity contribution < 1.29 is 17.9 Å². The second kappa shape index (κ2) is 11.1. The highest BCUT2D eigenvalue weighted by Crippen LogP contribution is 2.28. The number of thiazole rings is 1. The molecule has 190 valence electrons. The van der Waals surface area contributed by atoms with Gasteiger partial charge in [-0.15, -0.1) is 11.3 Å². The SMILES string of the molecule is O=C(Nc1nc(-c2ccc(Oc3ccccc3)cc2)cs1)c1ccc(NS(=O)(=O)c2ccc(Cl)cc2)cc1. The van der Waals surface area contributed by atoms with E-state index in [9.17, 15) is 13.2 Å². The zero-order valence-corrected chi connectivity index (χ0v) is 22.1. The standard InChI is InChI=1S/C28H20ClN3O4S2/c29-21-10-16-25(17-11-21)38(34,35)32-22-12-6-20(7-13-22)27(33)31-28-30-26(18-37-28)19-8-14-24(15-9-19)36-23-4-2-1-3-5-23/h1-18,32H,(H,30,31,33). The van der Waals surface area contributed by atoms with Gasteiger partial charge in [-0.3, -0.25) is 14.8 Å². The van der Waals surface area contributed by atoms with E-state index in [1.807, 2.05) is 60.0 Å². The number of anilines is 2. The molecule has 1 aromatic heterocycles. The van der Waals surface area contributed by atoms with Crippen LogP contribution in [0.25, 0.3) is 11.3 Å². The molecule has 0 atom stereocenters. The summed E-state index contributed by atoms with van der Waals surface area (Å²) in [5.41, 5.74) is 2.30. The molecule has 0 fully saturated rings. The van der Waals surface area contributed by atoms with Crippen molar-refractivity contribution in [1.82, 2.24) is 4.98 Å². The lowest BCUT2D eigenvalue weighted by Crippen LogP contribution is -2.14. The molecule has 0 saturated carbocycles. The predicted molar refractivity (Wildman–Crippen MR) is 151 cm³/mol. The van der Waals surface area contributed by atoms with Crippen molar-refractivity contribution in [2.45, 2.75) is 4.90 Å². The molecule has 0 unspecified atom stereocenters. The number of nitrogens with zero attached hydrogens (tertiary/aromatic N) is 1. The van der Waals surface area contributed by atoms with Crippen molar-refractivity contribution in [3.63, 3.8) is 0 Å². The Balaban J connectivity index is 1.20. The Labute approximate surface area is 228 Å². The van der Waals surface area contributed by atoms with Gasteiger partial charge in [0.15, 0.2) is 5.13 Å². The topological polar surface area (TPSA) is 97.4 Å². The zero-order valence-electron chi connectivity index (χ0n) is 19.7. The van der Waals surface area contributed by atoms with Crippen LogP contribution < -0.4 is 14.8 Å². The molecule has 7 nitrogen and oxygen atoms in total. The van der Waals surface area contributed by atoms with Crippen LogP contribution in [-0.4, -0.2) is 19.3 Å². The summed E-state index contributed by atoms with van der Waals surface area (Å²) in [6.45, 7) is 0. The molecule has 0 aliphatic carbocycles. The van der Waals surface area contributed by atoms with Crippen molar-refractivity contribution in [2.75, 3.05) is 10.0 Å². The molecule has 38 heavy (non-hydrogen) atoms. The van der Waals surface area contributed by atoms with Crippen LogP contribution in [0.15, 0.2) is 113 Å². The first-order valence-electron chi connectivity index (χ1n) is 11.3. The third kappa shape index (κ3) is 6.20. The first kappa shape index (κ1) is 25.5. The number of benzene rings is 4. The molecule has 0 spiro atoms. The molecule has 10 heteroatoms. The van der Waals surface area contributed by atoms with Crippen LogP contribution in [0.1, 0.15) is 10.4 Å². The number of carbonyl (C=O) groups excluding carboxylic acids is 1. The fourth-order valence-electron chi connectivity index (χ4n) is 3.47. The molecule has 1 amide bonds. The van der Waals surface area contributed by atoms with Crippen LogP contribution in [0.4, 0.5) is 10.8 Å². The van der Waals surface area contributed by atoms with E-state index >= 15 is 0 Å². The van der Waals surface area contributed by atoms with Gasteiger partial charge in [0.1, 0.15) is 11.5 Å². The number of carbonyl (C=O) groups is 1. The van der Waals surface area contributed by atoms with Crippen LogP contribution in [0.3, 0.4) is 0 Å². The van der Waals surface area contributed by atoms with E-state index in [0.717, 1.165) is 17.0 Å². The predicted octanol–water partition coefficient (Wildman–Crippen LogP) is 7.31. The molecular formula is C28H20ClN3O4S2. The summed E-state index contributed by atoms with van der Waals surface area (Å²) >= 11 is 7.14. The first-order valence-corrected chi connectivity index (χ1v) is 14.1. The van der Waals surface area contributed by atoms with Crippen molar-refractivity contribution in [3.05, 3.63) is 119 Å². The fraction of sp³-hybridized carbons (Fsp3) is 0.